The summed E-state index contributed by atoms with van der Waals surface area (Å²) in [6.45, 7) is 0.878. The molecule has 1 aromatic carbocycles. The lowest BCUT2D eigenvalue weighted by Crippen LogP contribution is -2.06. The molecule has 0 spiro atoms. The number of ether oxygens (including phenoxy) is 1. The third kappa shape index (κ3) is 3.27. The molecule has 0 radical (unpaired) electrons. The highest BCUT2D eigenvalue weighted by molar-refractivity contribution is 9.10. The molecule has 0 bridgehead atoms. The van der Waals surface area contributed by atoms with Gasteiger partial charge in [0.1, 0.15) is 5.75 Å². The van der Waals surface area contributed by atoms with E-state index in [2.05, 4.69) is 31.3 Å². The molecule has 7 heteroatoms. The van der Waals surface area contributed by atoms with Crippen LogP contribution in [0.3, 0.4) is 0 Å². The second-order valence-electron chi connectivity index (χ2n) is 3.77. The molecule has 1 heterocycles. The van der Waals surface area contributed by atoms with Crippen LogP contribution in [0.1, 0.15) is 11.4 Å². The van der Waals surface area contributed by atoms with Crippen molar-refractivity contribution in [2.75, 3.05) is 6.54 Å². The van der Waals surface area contributed by atoms with E-state index in [0.717, 1.165) is 22.2 Å². The molecule has 2 rings (SSSR count). The first-order valence-electron chi connectivity index (χ1n) is 5.53. The maximum Gasteiger partial charge on any atom is 0.212 e. The third-order valence-electron chi connectivity index (χ3n) is 2.34. The average Bonchev–Trinajstić information content (AvgIpc) is 2.75. The van der Waals surface area contributed by atoms with E-state index in [1.165, 1.54) is 4.80 Å². The monoisotopic (exact) mass is 311 g/mol. The van der Waals surface area contributed by atoms with Crippen LogP contribution in [-0.4, -0.2) is 26.8 Å². The number of benzene rings is 1. The van der Waals surface area contributed by atoms with Gasteiger partial charge >= 0.3 is 0 Å². The largest absolute Gasteiger partial charge is 0.485 e. The maximum atomic E-state index is 5.69. The van der Waals surface area contributed by atoms with Gasteiger partial charge in [0.15, 0.2) is 6.61 Å². The highest BCUT2D eigenvalue weighted by atomic mass is 79.9. The molecule has 0 saturated carbocycles. The summed E-state index contributed by atoms with van der Waals surface area (Å²) in [6.07, 6.45) is 0.767. The van der Waals surface area contributed by atoms with Gasteiger partial charge in [0, 0.05) is 4.47 Å². The number of halogens is 1. The Morgan fingerprint density at radius 2 is 2.28 bits per heavy atom. The molecule has 2 N–H and O–H groups in total. The van der Waals surface area contributed by atoms with Crippen molar-refractivity contribution in [1.29, 1.82) is 0 Å². The molecule has 0 amide bonds. The van der Waals surface area contributed by atoms with E-state index in [9.17, 15) is 0 Å². The van der Waals surface area contributed by atoms with Gasteiger partial charge in [-0.2, -0.15) is 4.80 Å². The first kappa shape index (κ1) is 13.0. The van der Waals surface area contributed by atoms with Crippen molar-refractivity contribution >= 4 is 15.9 Å². The third-order valence-corrected chi connectivity index (χ3v) is 2.84. The number of aryl methyl sites for hydroxylation is 1. The average molecular weight is 312 g/mol. The molecular weight excluding hydrogens is 298 g/mol. The Hall–Kier alpha value is -1.47. The van der Waals surface area contributed by atoms with E-state index < -0.39 is 0 Å². The smallest absolute Gasteiger partial charge is 0.212 e. The van der Waals surface area contributed by atoms with Crippen LogP contribution >= 0.6 is 15.9 Å². The fraction of sp³-hybridized carbons (Fsp3) is 0.364. The van der Waals surface area contributed by atoms with E-state index in [0.29, 0.717) is 19.0 Å². The maximum absolute atomic E-state index is 5.69. The van der Waals surface area contributed by atoms with Crippen molar-refractivity contribution in [2.24, 2.45) is 12.8 Å². The second kappa shape index (κ2) is 5.92. The predicted molar refractivity (Wildman–Crippen MR) is 70.0 cm³/mol. The van der Waals surface area contributed by atoms with E-state index in [-0.39, 0.29) is 0 Å². The number of aromatic nitrogens is 4. The van der Waals surface area contributed by atoms with Crippen molar-refractivity contribution in [3.05, 3.63) is 34.1 Å². The van der Waals surface area contributed by atoms with Gasteiger partial charge in [0.05, 0.1) is 7.05 Å². The summed E-state index contributed by atoms with van der Waals surface area (Å²) >= 11 is 3.43. The minimum Gasteiger partial charge on any atom is -0.485 e. The number of nitrogens with zero attached hydrogens (tertiary/aromatic N) is 4. The Labute approximate surface area is 113 Å². The van der Waals surface area contributed by atoms with Gasteiger partial charge in [-0.15, -0.1) is 10.2 Å². The molecular formula is C11H14BrN5O. The number of tetrazole rings is 1. The Morgan fingerprint density at radius 3 is 2.94 bits per heavy atom. The summed E-state index contributed by atoms with van der Waals surface area (Å²) in [5, 5.41) is 11.7. The van der Waals surface area contributed by atoms with Gasteiger partial charge in [-0.3, -0.25) is 0 Å². The highest BCUT2D eigenvalue weighted by Gasteiger charge is 2.06. The van der Waals surface area contributed by atoms with Crippen molar-refractivity contribution < 1.29 is 4.74 Å². The van der Waals surface area contributed by atoms with Crippen molar-refractivity contribution in [2.45, 2.75) is 13.0 Å². The van der Waals surface area contributed by atoms with Crippen LogP contribution in [0.15, 0.2) is 22.7 Å². The zero-order valence-corrected chi connectivity index (χ0v) is 11.6. The predicted octanol–water partition coefficient (Wildman–Crippen LogP) is 1.05. The number of hydrogen-bond donors (Lipinski definition) is 1. The first-order valence-corrected chi connectivity index (χ1v) is 6.32. The second-order valence-corrected chi connectivity index (χ2v) is 4.69. The summed E-state index contributed by atoms with van der Waals surface area (Å²) in [5.41, 5.74) is 6.65. The van der Waals surface area contributed by atoms with Gasteiger partial charge in [-0.25, -0.2) is 0 Å². The Kier molecular flexibility index (Phi) is 4.27. The van der Waals surface area contributed by atoms with Crippen LogP contribution in [0, 0.1) is 0 Å². The number of hydrogen-bond acceptors (Lipinski definition) is 5. The highest BCUT2D eigenvalue weighted by Crippen LogP contribution is 2.24. The molecule has 6 nitrogen and oxygen atoms in total. The Morgan fingerprint density at radius 1 is 1.44 bits per heavy atom. The molecule has 1 aromatic heterocycles. The van der Waals surface area contributed by atoms with E-state index in [4.69, 9.17) is 10.5 Å². The Balaban J connectivity index is 2.08. The molecule has 0 aliphatic rings. The van der Waals surface area contributed by atoms with Gasteiger partial charge < -0.3 is 10.5 Å². The molecule has 0 aliphatic heterocycles. The van der Waals surface area contributed by atoms with Crippen molar-refractivity contribution in [3.63, 3.8) is 0 Å². The van der Waals surface area contributed by atoms with Gasteiger partial charge in [0.2, 0.25) is 5.82 Å². The van der Waals surface area contributed by atoms with Crippen LogP contribution in [-0.2, 0) is 20.1 Å². The fourth-order valence-electron chi connectivity index (χ4n) is 1.56. The Bertz CT molecular complexity index is 528. The first-order chi connectivity index (χ1) is 8.69. The SMILES string of the molecule is Cn1nnc(COc2ccc(Br)cc2CCN)n1. The van der Waals surface area contributed by atoms with E-state index >= 15 is 0 Å². The molecule has 96 valence electrons. The van der Waals surface area contributed by atoms with Crippen LogP contribution in [0.25, 0.3) is 0 Å². The molecule has 0 aliphatic carbocycles. The van der Waals surface area contributed by atoms with Crippen LogP contribution in [0.2, 0.25) is 0 Å². The summed E-state index contributed by atoms with van der Waals surface area (Å²) in [4.78, 5) is 1.40. The lowest BCUT2D eigenvalue weighted by Gasteiger charge is -2.09. The molecule has 0 atom stereocenters. The summed E-state index contributed by atoms with van der Waals surface area (Å²) in [6, 6.07) is 5.84. The van der Waals surface area contributed by atoms with E-state index in [1.54, 1.807) is 7.05 Å². The lowest BCUT2D eigenvalue weighted by atomic mass is 10.1. The molecule has 2 aromatic rings. The molecule has 0 saturated heterocycles. The quantitative estimate of drug-likeness (QED) is 0.893. The molecule has 0 fully saturated rings. The van der Waals surface area contributed by atoms with Gasteiger partial charge in [-0.05, 0) is 41.9 Å². The summed E-state index contributed by atoms with van der Waals surface area (Å²) < 4.78 is 6.70. The number of rotatable bonds is 5. The van der Waals surface area contributed by atoms with Crippen LogP contribution in [0.5, 0.6) is 5.75 Å². The normalized spacial score (nSPS) is 10.6. The zero-order chi connectivity index (χ0) is 13.0. The van der Waals surface area contributed by atoms with Gasteiger partial charge in [-0.1, -0.05) is 15.9 Å². The van der Waals surface area contributed by atoms with Gasteiger partial charge in [0.25, 0.3) is 0 Å². The summed E-state index contributed by atoms with van der Waals surface area (Å²) in [5.74, 6) is 1.36. The van der Waals surface area contributed by atoms with Crippen LogP contribution in [0.4, 0.5) is 0 Å². The van der Waals surface area contributed by atoms with E-state index in [1.807, 2.05) is 18.2 Å². The van der Waals surface area contributed by atoms with Crippen molar-refractivity contribution in [1.82, 2.24) is 20.2 Å². The minimum absolute atomic E-state index is 0.299. The molecule has 0 unspecified atom stereocenters. The lowest BCUT2D eigenvalue weighted by molar-refractivity contribution is 0.292. The van der Waals surface area contributed by atoms with Crippen LogP contribution < -0.4 is 10.5 Å². The minimum atomic E-state index is 0.299. The van der Waals surface area contributed by atoms with Crippen molar-refractivity contribution in [3.8, 4) is 5.75 Å². The molecule has 18 heavy (non-hydrogen) atoms. The summed E-state index contributed by atoms with van der Waals surface area (Å²) in [7, 11) is 1.72. The standard InChI is InChI=1S/C11H14BrN5O/c1-17-15-11(14-16-17)7-18-10-3-2-9(12)6-8(10)4-5-13/h2-3,6H,4-5,7,13H2,1H3. The number of nitrogens with two attached hydrogens (primary N) is 1. The fourth-order valence-corrected chi connectivity index (χ4v) is 1.97. The zero-order valence-electron chi connectivity index (χ0n) is 10.0. The topological polar surface area (TPSA) is 78.8 Å².